The lowest BCUT2D eigenvalue weighted by atomic mass is 10.0. The number of aromatic nitrogens is 1. The highest BCUT2D eigenvalue weighted by Gasteiger charge is 2.31. The topological polar surface area (TPSA) is 209 Å². The van der Waals surface area contributed by atoms with Crippen molar-refractivity contribution < 1.29 is 29.1 Å². The van der Waals surface area contributed by atoms with E-state index in [9.17, 15) is 29.1 Å². The number of benzene rings is 1. The van der Waals surface area contributed by atoms with Gasteiger partial charge in [0.05, 0.1) is 6.04 Å². The molecule has 1 aromatic heterocycles. The Kier molecular flexibility index (Phi) is 13.8. The van der Waals surface area contributed by atoms with E-state index >= 15 is 0 Å². The molecule has 4 unspecified atom stereocenters. The molecule has 1 heterocycles. The van der Waals surface area contributed by atoms with Crippen molar-refractivity contribution in [3.63, 3.8) is 0 Å². The van der Waals surface area contributed by atoms with Gasteiger partial charge in [-0.1, -0.05) is 18.2 Å². The molecule has 14 heteroatoms. The zero-order valence-electron chi connectivity index (χ0n) is 22.6. The number of hydrogen-bond donors (Lipinski definition) is 7. The average Bonchev–Trinajstić information content (AvgIpc) is 3.33. The second-order valence-corrected chi connectivity index (χ2v) is 11.2. The zero-order chi connectivity index (χ0) is 29.7. The molecule has 220 valence electrons. The first-order valence-corrected chi connectivity index (χ1v) is 15.6. The molecule has 0 aliphatic heterocycles. The third kappa shape index (κ3) is 10.4. The molecule has 0 saturated heterocycles. The highest BCUT2D eigenvalue weighted by atomic mass is 32.2. The number of primary amides is 1. The molecule has 4 atom stereocenters. The van der Waals surface area contributed by atoms with Crippen LogP contribution in [0.4, 0.5) is 0 Å². The van der Waals surface area contributed by atoms with Crippen molar-refractivity contribution >= 4 is 64.0 Å². The fourth-order valence-electron chi connectivity index (χ4n) is 3.98. The number of carbonyl (C=O) groups excluding carboxylic acids is 4. The molecule has 0 fully saturated rings. The van der Waals surface area contributed by atoms with E-state index in [0.29, 0.717) is 17.9 Å². The number of hydrogen-bond acceptors (Lipinski definition) is 8. The number of carboxylic acid groups (broad SMARTS) is 1. The summed E-state index contributed by atoms with van der Waals surface area (Å²) in [5.41, 5.74) is 12.8. The molecule has 0 bridgehead atoms. The third-order valence-corrected chi connectivity index (χ3v) is 7.53. The molecule has 0 aliphatic rings. The summed E-state index contributed by atoms with van der Waals surface area (Å²) in [6, 6.07) is 3.04. The van der Waals surface area contributed by atoms with Crippen molar-refractivity contribution in [3.8, 4) is 0 Å². The maximum absolute atomic E-state index is 13.4. The maximum atomic E-state index is 13.4. The summed E-state index contributed by atoms with van der Waals surface area (Å²) in [5.74, 6) is -2.68. The molecule has 0 saturated carbocycles. The number of amides is 4. The van der Waals surface area contributed by atoms with Crippen LogP contribution in [0.5, 0.6) is 0 Å². The summed E-state index contributed by atoms with van der Waals surface area (Å²) in [7, 11) is 0. The number of carboxylic acids is 1. The van der Waals surface area contributed by atoms with Crippen LogP contribution in [0.2, 0.25) is 0 Å². The Bertz CT molecular complexity index is 1180. The van der Waals surface area contributed by atoms with Gasteiger partial charge in [-0.3, -0.25) is 19.2 Å². The number of para-hydroxylation sites is 1. The van der Waals surface area contributed by atoms with Gasteiger partial charge in [-0.05, 0) is 54.9 Å². The maximum Gasteiger partial charge on any atom is 0.326 e. The fourth-order valence-corrected chi connectivity index (χ4v) is 4.94. The minimum absolute atomic E-state index is 0.0418. The SMILES string of the molecule is CSCCC(N)C(=O)NC(CCC(N)=O)C(=O)NC(Cc1c[nH]c2ccccc12)C(=O)NC(CCSC)C(=O)O. The van der Waals surface area contributed by atoms with E-state index in [-0.39, 0.29) is 25.7 Å². The lowest BCUT2D eigenvalue weighted by Crippen LogP contribution is -2.57. The largest absolute Gasteiger partial charge is 0.480 e. The van der Waals surface area contributed by atoms with Gasteiger partial charge in [0.15, 0.2) is 0 Å². The number of aliphatic carboxylic acids is 1. The molecule has 9 N–H and O–H groups in total. The predicted octanol–water partition coefficient (Wildman–Crippen LogP) is 0.348. The molecule has 2 aromatic rings. The summed E-state index contributed by atoms with van der Waals surface area (Å²) in [6.07, 6.45) is 5.76. The predicted molar refractivity (Wildman–Crippen MR) is 158 cm³/mol. The molecule has 0 spiro atoms. The Morgan fingerprint density at radius 3 is 2.12 bits per heavy atom. The highest BCUT2D eigenvalue weighted by Crippen LogP contribution is 2.19. The molecule has 4 amide bonds. The first kappa shape index (κ1) is 33.0. The first-order chi connectivity index (χ1) is 19.1. The average molecular weight is 595 g/mol. The second-order valence-electron chi connectivity index (χ2n) is 9.26. The van der Waals surface area contributed by atoms with Gasteiger partial charge in [0.25, 0.3) is 0 Å². The molecule has 0 aliphatic carbocycles. The van der Waals surface area contributed by atoms with Gasteiger partial charge in [0.2, 0.25) is 23.6 Å². The second kappa shape index (κ2) is 16.8. The lowest BCUT2D eigenvalue weighted by molar-refractivity contribution is -0.142. The van der Waals surface area contributed by atoms with Crippen LogP contribution >= 0.6 is 23.5 Å². The Morgan fingerprint density at radius 1 is 0.875 bits per heavy atom. The van der Waals surface area contributed by atoms with Crippen LogP contribution in [0.1, 0.15) is 31.2 Å². The van der Waals surface area contributed by atoms with Crippen LogP contribution in [-0.4, -0.2) is 87.9 Å². The van der Waals surface area contributed by atoms with Gasteiger partial charge in [-0.2, -0.15) is 23.5 Å². The van der Waals surface area contributed by atoms with Gasteiger partial charge in [0, 0.05) is 29.9 Å². The van der Waals surface area contributed by atoms with Crippen molar-refractivity contribution in [2.24, 2.45) is 11.5 Å². The number of aromatic amines is 1. The van der Waals surface area contributed by atoms with Crippen LogP contribution in [0.25, 0.3) is 10.9 Å². The Labute approximate surface area is 241 Å². The first-order valence-electron chi connectivity index (χ1n) is 12.8. The third-order valence-electron chi connectivity index (χ3n) is 6.24. The van der Waals surface area contributed by atoms with E-state index in [4.69, 9.17) is 11.5 Å². The monoisotopic (exact) mass is 594 g/mol. The van der Waals surface area contributed by atoms with Crippen molar-refractivity contribution in [2.45, 2.75) is 56.3 Å². The van der Waals surface area contributed by atoms with Crippen LogP contribution in [-0.2, 0) is 30.4 Å². The summed E-state index contributed by atoms with van der Waals surface area (Å²) in [5, 5.41) is 18.2. The molecular formula is C26H38N6O6S2. The van der Waals surface area contributed by atoms with E-state index < -0.39 is 53.8 Å². The lowest BCUT2D eigenvalue weighted by Gasteiger charge is -2.25. The quantitative estimate of drug-likeness (QED) is 0.127. The van der Waals surface area contributed by atoms with E-state index in [0.717, 1.165) is 16.5 Å². The number of carbonyl (C=O) groups is 5. The number of H-pyrrole nitrogens is 1. The Hall–Kier alpha value is -3.23. The summed E-state index contributed by atoms with van der Waals surface area (Å²) in [4.78, 5) is 65.8. The molecule has 1 aromatic carbocycles. The molecule has 12 nitrogen and oxygen atoms in total. The Morgan fingerprint density at radius 2 is 1.48 bits per heavy atom. The molecule has 2 rings (SSSR count). The smallest absolute Gasteiger partial charge is 0.326 e. The van der Waals surface area contributed by atoms with Gasteiger partial charge >= 0.3 is 5.97 Å². The number of nitrogens with one attached hydrogen (secondary N) is 4. The van der Waals surface area contributed by atoms with Crippen molar-refractivity contribution in [2.75, 3.05) is 24.0 Å². The number of fused-ring (bicyclic) bond motifs is 1. The van der Waals surface area contributed by atoms with Crippen LogP contribution in [0.3, 0.4) is 0 Å². The standard InChI is InChI=1S/C26H38N6O6S2/c1-39-11-9-17(27)23(34)30-19(7-8-22(28)33)24(35)32-21(25(36)31-20(26(37)38)10-12-40-2)13-15-14-29-18-6-4-3-5-16(15)18/h3-6,14,17,19-21,29H,7-13,27H2,1-2H3,(H2,28,33)(H,30,34)(H,31,36)(H,32,35)(H,37,38). The molecule has 40 heavy (non-hydrogen) atoms. The van der Waals surface area contributed by atoms with Crippen LogP contribution < -0.4 is 27.4 Å². The number of rotatable bonds is 18. The van der Waals surface area contributed by atoms with Crippen molar-refractivity contribution in [3.05, 3.63) is 36.0 Å². The summed E-state index contributed by atoms with van der Waals surface area (Å²) in [6.45, 7) is 0. The minimum Gasteiger partial charge on any atom is -0.480 e. The van der Waals surface area contributed by atoms with E-state index in [1.165, 1.54) is 23.5 Å². The van der Waals surface area contributed by atoms with Gasteiger partial charge in [0.1, 0.15) is 18.1 Å². The summed E-state index contributed by atoms with van der Waals surface area (Å²) >= 11 is 2.97. The van der Waals surface area contributed by atoms with E-state index in [1.54, 1.807) is 6.20 Å². The molecule has 0 radical (unpaired) electrons. The summed E-state index contributed by atoms with van der Waals surface area (Å²) < 4.78 is 0. The highest BCUT2D eigenvalue weighted by molar-refractivity contribution is 7.98. The van der Waals surface area contributed by atoms with E-state index in [1.807, 2.05) is 36.8 Å². The van der Waals surface area contributed by atoms with E-state index in [2.05, 4.69) is 20.9 Å². The normalized spacial score (nSPS) is 14.1. The van der Waals surface area contributed by atoms with Crippen molar-refractivity contribution in [1.82, 2.24) is 20.9 Å². The van der Waals surface area contributed by atoms with Gasteiger partial charge in [-0.15, -0.1) is 0 Å². The number of nitrogens with two attached hydrogens (primary N) is 2. The van der Waals surface area contributed by atoms with Crippen molar-refractivity contribution in [1.29, 1.82) is 0 Å². The number of thioether (sulfide) groups is 2. The minimum atomic E-state index is -1.19. The fraction of sp³-hybridized carbons (Fsp3) is 0.500. The van der Waals surface area contributed by atoms with Crippen LogP contribution in [0.15, 0.2) is 30.5 Å². The van der Waals surface area contributed by atoms with Gasteiger partial charge in [-0.25, -0.2) is 4.79 Å². The Balaban J connectivity index is 2.30. The van der Waals surface area contributed by atoms with Gasteiger partial charge < -0.3 is 37.5 Å². The molecular weight excluding hydrogens is 556 g/mol. The van der Waals surface area contributed by atoms with Crippen LogP contribution in [0, 0.1) is 0 Å². The zero-order valence-corrected chi connectivity index (χ0v) is 24.2.